The van der Waals surface area contributed by atoms with E-state index in [9.17, 15) is 38.9 Å². The van der Waals surface area contributed by atoms with Crippen LogP contribution in [0.4, 0.5) is 11.4 Å². The highest BCUT2D eigenvalue weighted by Crippen LogP contribution is 2.49. The van der Waals surface area contributed by atoms with Crippen LogP contribution >= 0.6 is 23.6 Å². The SMILES string of the molecule is CC1(C)C(/C=C/C2=C(Cl)C(=C/C=C3/N(CCCCS(=O)(=O)O)c4ccc(SOOO)cc4C3(C)C)/CCC2)=[N+](CCCCS(=O)(=O)O)c2ccc(S(=O)(=O)O)cc21. The number of anilines is 1. The van der Waals surface area contributed by atoms with Crippen LogP contribution < -0.4 is 4.90 Å². The van der Waals surface area contributed by atoms with Crippen molar-refractivity contribution in [2.75, 3.05) is 29.5 Å². The molecule has 0 saturated carbocycles. The minimum absolute atomic E-state index is 0.211. The molecule has 4 N–H and O–H groups in total. The van der Waals surface area contributed by atoms with Crippen molar-refractivity contribution in [1.82, 2.24) is 0 Å². The van der Waals surface area contributed by atoms with Gasteiger partial charge in [-0.05, 0) is 105 Å². The Morgan fingerprint density at radius 3 is 2.18 bits per heavy atom. The predicted octanol–water partition coefficient (Wildman–Crippen LogP) is 7.91. The molecule has 0 saturated heterocycles. The molecule has 0 aromatic heterocycles. The normalized spacial score (nSPS) is 19.7. The van der Waals surface area contributed by atoms with E-state index in [-0.39, 0.29) is 29.2 Å². The number of hydrogen-bond acceptors (Lipinski definition) is 11. The van der Waals surface area contributed by atoms with E-state index in [4.69, 9.17) is 16.9 Å². The fourth-order valence-electron chi connectivity index (χ4n) is 7.73. The van der Waals surface area contributed by atoms with Gasteiger partial charge >= 0.3 is 0 Å². The van der Waals surface area contributed by atoms with Crippen molar-refractivity contribution in [3.05, 3.63) is 93.7 Å². The Morgan fingerprint density at radius 1 is 0.842 bits per heavy atom. The van der Waals surface area contributed by atoms with E-state index in [1.54, 1.807) is 6.07 Å². The van der Waals surface area contributed by atoms with Crippen molar-refractivity contribution in [3.63, 3.8) is 0 Å². The number of unbranched alkanes of at least 4 members (excludes halogenated alkanes) is 2. The van der Waals surface area contributed by atoms with Crippen molar-refractivity contribution in [1.29, 1.82) is 0 Å². The maximum Gasteiger partial charge on any atom is 0.294 e. The van der Waals surface area contributed by atoms with Gasteiger partial charge < -0.3 is 4.90 Å². The number of rotatable bonds is 17. The van der Waals surface area contributed by atoms with Crippen molar-refractivity contribution in [3.8, 4) is 0 Å². The first kappa shape index (κ1) is 45.2. The van der Waals surface area contributed by atoms with E-state index in [1.165, 1.54) is 12.1 Å². The maximum atomic E-state index is 12.1. The molecular formula is C38H48ClN2O12S4+. The highest BCUT2D eigenvalue weighted by Gasteiger charge is 2.45. The second-order valence-electron chi connectivity index (χ2n) is 15.3. The van der Waals surface area contributed by atoms with E-state index in [0.29, 0.717) is 54.3 Å². The van der Waals surface area contributed by atoms with Crippen LogP contribution in [0.5, 0.6) is 0 Å². The van der Waals surface area contributed by atoms with Gasteiger partial charge in [0.05, 0.1) is 33.9 Å². The van der Waals surface area contributed by atoms with Crippen LogP contribution in [0.3, 0.4) is 0 Å². The lowest BCUT2D eigenvalue weighted by atomic mass is 9.81. The number of allylic oxidation sites excluding steroid dienone is 8. The largest absolute Gasteiger partial charge is 0.344 e. The molecule has 2 aromatic rings. The average molecular weight is 889 g/mol. The Balaban J connectivity index is 1.50. The van der Waals surface area contributed by atoms with E-state index in [1.807, 2.05) is 60.9 Å². The molecule has 3 aliphatic rings. The summed E-state index contributed by atoms with van der Waals surface area (Å²) in [5.74, 6) is -0.729. The van der Waals surface area contributed by atoms with Crippen molar-refractivity contribution in [2.24, 2.45) is 0 Å². The van der Waals surface area contributed by atoms with Crippen molar-refractivity contribution < 1.29 is 58.1 Å². The van der Waals surface area contributed by atoms with Crippen LogP contribution in [0, 0.1) is 0 Å². The van der Waals surface area contributed by atoms with Gasteiger partial charge in [-0.25, -0.2) is 5.26 Å². The molecule has 1 aliphatic carbocycles. The minimum atomic E-state index is -4.47. The molecule has 0 amide bonds. The summed E-state index contributed by atoms with van der Waals surface area (Å²) >= 11 is 7.98. The van der Waals surface area contributed by atoms with Gasteiger partial charge in [-0.1, -0.05) is 42.6 Å². The molecule has 0 unspecified atom stereocenters. The van der Waals surface area contributed by atoms with E-state index in [2.05, 4.69) is 28.1 Å². The van der Waals surface area contributed by atoms with E-state index < -0.39 is 41.2 Å². The van der Waals surface area contributed by atoms with Crippen LogP contribution in [0.2, 0.25) is 0 Å². The van der Waals surface area contributed by atoms with Gasteiger partial charge in [0, 0.05) is 57.4 Å². The highest BCUT2D eigenvalue weighted by atomic mass is 35.5. The van der Waals surface area contributed by atoms with E-state index in [0.717, 1.165) is 58.0 Å². The zero-order chi connectivity index (χ0) is 42.0. The summed E-state index contributed by atoms with van der Waals surface area (Å²) in [6, 6.07) is 10.1. The van der Waals surface area contributed by atoms with Crippen molar-refractivity contribution >= 4 is 71.1 Å². The predicted molar refractivity (Wildman–Crippen MR) is 220 cm³/mol. The molecule has 5 rings (SSSR count). The molecular weight excluding hydrogens is 840 g/mol. The molecule has 0 radical (unpaired) electrons. The Hall–Kier alpha value is -2.88. The third-order valence-electron chi connectivity index (χ3n) is 10.6. The average Bonchev–Trinajstić information content (AvgIpc) is 3.46. The fraction of sp³-hybridized carbons (Fsp3) is 0.447. The molecule has 14 nitrogen and oxygen atoms in total. The summed E-state index contributed by atoms with van der Waals surface area (Å²) in [5.41, 5.74) is 5.62. The molecule has 312 valence electrons. The number of halogens is 1. The second-order valence-corrected chi connectivity index (χ2v) is 21.0. The maximum absolute atomic E-state index is 12.1. The molecule has 2 aromatic carbocycles. The zero-order valence-corrected chi connectivity index (χ0v) is 36.0. The highest BCUT2D eigenvalue weighted by molar-refractivity contribution is 7.94. The van der Waals surface area contributed by atoms with Gasteiger partial charge in [0.25, 0.3) is 30.4 Å². The van der Waals surface area contributed by atoms with Gasteiger partial charge in [-0.15, -0.1) is 4.33 Å². The topological polar surface area (TPSA) is 208 Å². The minimum Gasteiger partial charge on any atom is -0.344 e. The lowest BCUT2D eigenvalue weighted by molar-refractivity contribution is -0.438. The first-order chi connectivity index (χ1) is 26.5. The van der Waals surface area contributed by atoms with Gasteiger partial charge in [0.2, 0.25) is 5.69 Å². The summed E-state index contributed by atoms with van der Waals surface area (Å²) in [7, 11) is -12.7. The Morgan fingerprint density at radius 2 is 1.53 bits per heavy atom. The molecule has 0 bridgehead atoms. The second kappa shape index (κ2) is 17.8. The smallest absolute Gasteiger partial charge is 0.294 e. The van der Waals surface area contributed by atoms with Gasteiger partial charge in [-0.3, -0.25) is 13.7 Å². The van der Waals surface area contributed by atoms with Crippen LogP contribution in [-0.2, 0) is 50.6 Å². The van der Waals surface area contributed by atoms with Crippen LogP contribution in [0.25, 0.3) is 0 Å². The molecule has 2 heterocycles. The third-order valence-corrected chi connectivity index (χ3v) is 14.1. The lowest BCUT2D eigenvalue weighted by Gasteiger charge is -2.27. The van der Waals surface area contributed by atoms with Crippen LogP contribution in [-0.4, -0.2) is 79.1 Å². The number of benzene rings is 2. The molecule has 0 spiro atoms. The fourth-order valence-corrected chi connectivity index (χ4v) is 10.1. The third kappa shape index (κ3) is 10.8. The molecule has 0 fully saturated rings. The first-order valence-corrected chi connectivity index (χ1v) is 24.0. The monoisotopic (exact) mass is 887 g/mol. The van der Waals surface area contributed by atoms with Crippen molar-refractivity contribution in [2.45, 2.75) is 93.3 Å². The molecule has 19 heteroatoms. The summed E-state index contributed by atoms with van der Waals surface area (Å²) in [6.45, 7) is 8.90. The van der Waals surface area contributed by atoms with Crippen LogP contribution in [0.1, 0.15) is 83.8 Å². The lowest BCUT2D eigenvalue weighted by Crippen LogP contribution is -2.28. The van der Waals surface area contributed by atoms with Gasteiger partial charge in [0.15, 0.2) is 5.71 Å². The summed E-state index contributed by atoms with van der Waals surface area (Å²) < 4.78 is 105. The quantitative estimate of drug-likeness (QED) is 0.0297. The first-order valence-electron chi connectivity index (χ1n) is 18.3. The van der Waals surface area contributed by atoms with Gasteiger partial charge in [-0.2, -0.15) is 29.8 Å². The zero-order valence-electron chi connectivity index (χ0n) is 32.0. The number of fused-ring (bicyclic) bond motifs is 2. The number of hydrogen-bond donors (Lipinski definition) is 4. The standard InChI is InChI=1S/C38H47ClN2O12S4/c1-37(2)30-24-28(54-53-52-42)14-16-32(30)40(20-5-7-22-55(43,44)45)34(37)18-12-26-10-9-11-27(36(26)39)13-19-35-38(3,4)31-25-29(57(49,50)51)15-17-33(31)41(35)21-6-8-23-56(46,47)48/h12-19,24-25H,5-11,20-23H2,1-4H3,(H3-,42,43,44,45,46,47,48,49,50,51)/p+1. The Bertz CT molecular complexity index is 2380. The summed E-state index contributed by atoms with van der Waals surface area (Å²) in [5, 5.41) is 13.0. The molecule has 0 atom stereocenters. The van der Waals surface area contributed by atoms with Gasteiger partial charge in [0.1, 0.15) is 6.54 Å². The summed E-state index contributed by atoms with van der Waals surface area (Å²) in [4.78, 5) is 2.59. The Labute approximate surface area is 343 Å². The van der Waals surface area contributed by atoms with E-state index >= 15 is 0 Å². The molecule has 2 aliphatic heterocycles. The summed E-state index contributed by atoms with van der Waals surface area (Å²) in [6.07, 6.45) is 11.5. The van der Waals surface area contributed by atoms with Crippen LogP contribution in [0.15, 0.2) is 92.4 Å². The Kier molecular flexibility index (Phi) is 14.1. The molecule has 57 heavy (non-hydrogen) atoms. The number of nitrogens with zero attached hydrogens (tertiary/aromatic N) is 2.